The minimum atomic E-state index is -0.107. The second-order valence-corrected chi connectivity index (χ2v) is 8.73. The van der Waals surface area contributed by atoms with E-state index in [0.29, 0.717) is 24.5 Å². The summed E-state index contributed by atoms with van der Waals surface area (Å²) in [5.74, 6) is 1.40. The second-order valence-electron chi connectivity index (χ2n) is 8.73. The topological polar surface area (TPSA) is 50.8 Å². The summed E-state index contributed by atoms with van der Waals surface area (Å²) in [7, 11) is 0. The maximum Gasteiger partial charge on any atom is 0.255 e. The van der Waals surface area contributed by atoms with Crippen molar-refractivity contribution in [1.29, 1.82) is 0 Å². The number of para-hydroxylation sites is 1. The molecule has 2 aromatic carbocycles. The van der Waals surface area contributed by atoms with Crippen molar-refractivity contribution in [2.45, 2.75) is 38.1 Å². The van der Waals surface area contributed by atoms with E-state index >= 15 is 0 Å². The number of carbonyl (C=O) groups is 1. The van der Waals surface area contributed by atoms with Gasteiger partial charge in [0.15, 0.2) is 0 Å². The molecule has 1 amide bonds. The van der Waals surface area contributed by atoms with Gasteiger partial charge in [0.1, 0.15) is 12.4 Å². The van der Waals surface area contributed by atoms with Crippen LogP contribution in [0.25, 0.3) is 0 Å². The molecule has 1 aliphatic heterocycles. The molecule has 31 heavy (non-hydrogen) atoms. The Morgan fingerprint density at radius 3 is 2.58 bits per heavy atom. The van der Waals surface area contributed by atoms with E-state index in [0.717, 1.165) is 51.4 Å². The predicted octanol–water partition coefficient (Wildman–Crippen LogP) is 3.93. The molecule has 0 saturated heterocycles. The maximum atomic E-state index is 13.1. The van der Waals surface area contributed by atoms with Gasteiger partial charge in [-0.15, -0.1) is 0 Å². The van der Waals surface area contributed by atoms with Gasteiger partial charge in [0.2, 0.25) is 0 Å². The van der Waals surface area contributed by atoms with Gasteiger partial charge in [-0.25, -0.2) is 0 Å². The minimum Gasteiger partial charge on any atom is -0.491 e. The zero-order valence-electron chi connectivity index (χ0n) is 18.3. The molecule has 1 atom stereocenters. The molecule has 1 fully saturated rings. The summed E-state index contributed by atoms with van der Waals surface area (Å²) in [6.07, 6.45) is 5.61. The van der Waals surface area contributed by atoms with E-state index < -0.39 is 0 Å². The molecule has 4 rings (SSSR count). The van der Waals surface area contributed by atoms with Gasteiger partial charge in [0.25, 0.3) is 5.91 Å². The van der Waals surface area contributed by atoms with Crippen LogP contribution in [0.4, 0.5) is 0 Å². The number of nitrogens with zero attached hydrogens (tertiary/aromatic N) is 1. The van der Waals surface area contributed by atoms with Crippen LogP contribution < -0.4 is 10.1 Å². The van der Waals surface area contributed by atoms with E-state index in [4.69, 9.17) is 9.47 Å². The second kappa shape index (κ2) is 11.3. The number of nitrogens with one attached hydrogen (secondary N) is 1. The zero-order valence-corrected chi connectivity index (χ0v) is 18.3. The summed E-state index contributed by atoms with van der Waals surface area (Å²) in [5, 5.41) is 3.18. The Labute approximate surface area is 185 Å². The summed E-state index contributed by atoms with van der Waals surface area (Å²) >= 11 is 0. The molecule has 1 aliphatic carbocycles. The summed E-state index contributed by atoms with van der Waals surface area (Å²) in [5.41, 5.74) is 1.78. The first-order valence-electron chi connectivity index (χ1n) is 11.6. The molecule has 1 saturated carbocycles. The van der Waals surface area contributed by atoms with Crippen molar-refractivity contribution in [3.63, 3.8) is 0 Å². The summed E-state index contributed by atoms with van der Waals surface area (Å²) in [6.45, 7) is 4.97. The van der Waals surface area contributed by atoms with E-state index in [-0.39, 0.29) is 11.9 Å². The lowest BCUT2D eigenvalue weighted by Gasteiger charge is -2.22. The van der Waals surface area contributed by atoms with E-state index in [9.17, 15) is 4.79 Å². The Hall–Kier alpha value is -2.37. The fourth-order valence-electron chi connectivity index (χ4n) is 4.10. The molecule has 1 N–H and O–H groups in total. The number of rotatable bonds is 4. The number of fused-ring (bicyclic) bond motifs is 1. The Morgan fingerprint density at radius 2 is 1.74 bits per heavy atom. The number of benzene rings is 2. The molecule has 5 heteroatoms. The molecule has 166 valence electrons. The number of hydrogen-bond donors (Lipinski definition) is 1. The Kier molecular flexibility index (Phi) is 7.97. The lowest BCUT2D eigenvalue weighted by atomic mass is 10.1. The van der Waals surface area contributed by atoms with Gasteiger partial charge in [-0.2, -0.15) is 0 Å². The highest BCUT2D eigenvalue weighted by Gasteiger charge is 2.24. The standard InChI is InChI=1S/C26H34N2O3/c29-26-24-10-4-5-11-25(24)31-17-15-28(19-22-12-13-22)14-6-7-16-30-20-23(27-26)18-21-8-2-1-3-9-21/h1-5,8-11,22-23H,6-7,12-20H2,(H,27,29)/t23-/m0/s1. The lowest BCUT2D eigenvalue weighted by molar-refractivity contribution is 0.0823. The third-order valence-electron chi connectivity index (χ3n) is 6.00. The molecule has 2 aliphatic rings. The minimum absolute atomic E-state index is 0.0838. The predicted molar refractivity (Wildman–Crippen MR) is 123 cm³/mol. The van der Waals surface area contributed by atoms with E-state index in [1.165, 1.54) is 18.4 Å². The average molecular weight is 423 g/mol. The van der Waals surface area contributed by atoms with Crippen molar-refractivity contribution in [2.75, 3.05) is 39.5 Å². The Balaban J connectivity index is 1.46. The summed E-state index contributed by atoms with van der Waals surface area (Å²) in [4.78, 5) is 15.6. The van der Waals surface area contributed by atoms with Crippen LogP contribution in [0.1, 0.15) is 41.6 Å². The van der Waals surface area contributed by atoms with Crippen LogP contribution in [0.5, 0.6) is 5.75 Å². The van der Waals surface area contributed by atoms with Crippen LogP contribution in [0, 0.1) is 5.92 Å². The third kappa shape index (κ3) is 7.08. The van der Waals surface area contributed by atoms with Crippen LogP contribution >= 0.6 is 0 Å². The smallest absolute Gasteiger partial charge is 0.255 e. The quantitative estimate of drug-likeness (QED) is 0.811. The molecule has 1 heterocycles. The van der Waals surface area contributed by atoms with Crippen molar-refractivity contribution >= 4 is 5.91 Å². The van der Waals surface area contributed by atoms with Crippen molar-refractivity contribution in [2.24, 2.45) is 5.92 Å². The Morgan fingerprint density at radius 1 is 0.935 bits per heavy atom. The van der Waals surface area contributed by atoms with Gasteiger partial charge in [0, 0.05) is 19.7 Å². The van der Waals surface area contributed by atoms with E-state index in [1.807, 2.05) is 42.5 Å². The normalized spacial score (nSPS) is 21.8. The van der Waals surface area contributed by atoms with Gasteiger partial charge in [-0.05, 0) is 62.3 Å². The van der Waals surface area contributed by atoms with Crippen molar-refractivity contribution < 1.29 is 14.3 Å². The molecule has 0 unspecified atom stereocenters. The molecule has 5 nitrogen and oxygen atoms in total. The lowest BCUT2D eigenvalue weighted by Crippen LogP contribution is -2.40. The van der Waals surface area contributed by atoms with E-state index in [2.05, 4.69) is 22.3 Å². The number of amides is 1. The van der Waals surface area contributed by atoms with Gasteiger partial charge < -0.3 is 14.8 Å². The molecule has 0 radical (unpaired) electrons. The molecule has 0 spiro atoms. The first-order valence-corrected chi connectivity index (χ1v) is 11.6. The highest BCUT2D eigenvalue weighted by atomic mass is 16.5. The molecular formula is C26H34N2O3. The first-order chi connectivity index (χ1) is 15.3. The van der Waals surface area contributed by atoms with Crippen molar-refractivity contribution in [1.82, 2.24) is 10.2 Å². The van der Waals surface area contributed by atoms with Gasteiger partial charge in [0.05, 0.1) is 18.2 Å². The third-order valence-corrected chi connectivity index (χ3v) is 6.00. The fraction of sp³-hybridized carbons (Fsp3) is 0.500. The zero-order chi connectivity index (χ0) is 21.3. The number of hydrogen-bond acceptors (Lipinski definition) is 4. The summed E-state index contributed by atoms with van der Waals surface area (Å²) < 4.78 is 12.1. The first kappa shape index (κ1) is 21.8. The maximum absolute atomic E-state index is 13.1. The van der Waals surface area contributed by atoms with Gasteiger partial charge in [-0.1, -0.05) is 42.5 Å². The molecule has 0 bridgehead atoms. The average Bonchev–Trinajstić information content (AvgIpc) is 3.60. The van der Waals surface area contributed by atoms with Crippen LogP contribution in [-0.4, -0.2) is 56.3 Å². The fourth-order valence-corrected chi connectivity index (χ4v) is 4.10. The van der Waals surface area contributed by atoms with E-state index in [1.54, 1.807) is 0 Å². The largest absolute Gasteiger partial charge is 0.491 e. The van der Waals surface area contributed by atoms with Gasteiger partial charge in [-0.3, -0.25) is 9.69 Å². The van der Waals surface area contributed by atoms with Crippen LogP contribution in [0.3, 0.4) is 0 Å². The number of ether oxygens (including phenoxy) is 2. The SMILES string of the molecule is O=C1N[C@@H](Cc2ccccc2)COCCCCN(CC2CC2)CCOc2ccccc21. The monoisotopic (exact) mass is 422 g/mol. The summed E-state index contributed by atoms with van der Waals surface area (Å²) in [6, 6.07) is 17.7. The highest BCUT2D eigenvalue weighted by molar-refractivity contribution is 5.97. The molecule has 0 aromatic heterocycles. The number of carbonyl (C=O) groups excluding carboxylic acids is 1. The molecule has 2 aromatic rings. The Bertz CT molecular complexity index is 822. The van der Waals surface area contributed by atoms with Crippen molar-refractivity contribution in [3.05, 3.63) is 65.7 Å². The van der Waals surface area contributed by atoms with Crippen LogP contribution in [0.15, 0.2) is 54.6 Å². The van der Waals surface area contributed by atoms with Crippen molar-refractivity contribution in [3.8, 4) is 5.75 Å². The highest BCUT2D eigenvalue weighted by Crippen LogP contribution is 2.29. The van der Waals surface area contributed by atoms with Gasteiger partial charge >= 0.3 is 0 Å². The van der Waals surface area contributed by atoms with Crippen LogP contribution in [-0.2, 0) is 11.2 Å². The van der Waals surface area contributed by atoms with Crippen LogP contribution in [0.2, 0.25) is 0 Å². The molecular weight excluding hydrogens is 388 g/mol.